The summed E-state index contributed by atoms with van der Waals surface area (Å²) < 4.78 is 0. The van der Waals surface area contributed by atoms with Gasteiger partial charge in [-0.2, -0.15) is 0 Å². The Bertz CT molecular complexity index is 323. The number of rotatable bonds is 5. The quantitative estimate of drug-likeness (QED) is 0.800. The molecule has 3 N–H and O–H groups in total. The molecule has 3 nitrogen and oxygen atoms in total. The first kappa shape index (κ1) is 13.0. The van der Waals surface area contributed by atoms with E-state index in [1.165, 1.54) is 0 Å². The van der Waals surface area contributed by atoms with Crippen molar-refractivity contribution in [3.8, 4) is 0 Å². The average molecular weight is 222 g/mol. The zero-order chi connectivity index (χ0) is 12.1. The van der Waals surface area contributed by atoms with Crippen LogP contribution in [0.4, 0.5) is 5.69 Å². The van der Waals surface area contributed by atoms with E-state index in [1.807, 2.05) is 25.1 Å². The Balaban J connectivity index is 3.07. The molecule has 0 aliphatic rings. The van der Waals surface area contributed by atoms with E-state index >= 15 is 0 Å². The third kappa shape index (κ3) is 2.97. The fourth-order valence-electron chi connectivity index (χ4n) is 1.90. The van der Waals surface area contributed by atoms with Crippen LogP contribution in [0.3, 0.4) is 0 Å². The molecule has 1 aromatic rings. The molecule has 0 bridgehead atoms. The molecule has 0 aromatic heterocycles. The van der Waals surface area contributed by atoms with Crippen LogP contribution in [0.15, 0.2) is 24.3 Å². The van der Waals surface area contributed by atoms with Crippen molar-refractivity contribution in [3.05, 3.63) is 29.8 Å². The number of nitrogens with zero attached hydrogens (tertiary/aromatic N) is 1. The number of benzene rings is 1. The summed E-state index contributed by atoms with van der Waals surface area (Å²) in [5.41, 5.74) is 8.22. The molecule has 1 atom stereocenters. The van der Waals surface area contributed by atoms with Gasteiger partial charge in [0.15, 0.2) is 0 Å². The summed E-state index contributed by atoms with van der Waals surface area (Å²) >= 11 is 0. The fourth-order valence-corrected chi connectivity index (χ4v) is 1.90. The molecular formula is C13H22N2O. The Kier molecular flexibility index (Phi) is 4.77. The normalized spacial score (nSPS) is 12.9. The Morgan fingerprint density at radius 2 is 1.88 bits per heavy atom. The number of aliphatic hydroxyl groups excluding tert-OH is 1. The molecular weight excluding hydrogens is 200 g/mol. The highest BCUT2D eigenvalue weighted by molar-refractivity contribution is 5.55. The summed E-state index contributed by atoms with van der Waals surface area (Å²) in [5.74, 6) is 0. The molecule has 0 fully saturated rings. The second-order valence-corrected chi connectivity index (χ2v) is 4.36. The molecule has 1 rings (SSSR count). The average Bonchev–Trinajstić information content (AvgIpc) is 2.25. The number of anilines is 1. The van der Waals surface area contributed by atoms with Crippen molar-refractivity contribution in [2.75, 3.05) is 18.1 Å². The molecule has 1 aromatic carbocycles. The van der Waals surface area contributed by atoms with Gasteiger partial charge in [0.05, 0.1) is 6.61 Å². The van der Waals surface area contributed by atoms with Crippen molar-refractivity contribution in [2.24, 2.45) is 5.73 Å². The van der Waals surface area contributed by atoms with Crippen LogP contribution in [-0.4, -0.2) is 24.3 Å². The van der Waals surface area contributed by atoms with Gasteiger partial charge in [0.1, 0.15) is 0 Å². The first-order valence-electron chi connectivity index (χ1n) is 5.80. The standard InChI is InChI=1S/C13H22N2O/c1-10(2)15(8-9-16)13-7-5-4-6-12(13)11(3)14/h4-7,10-11,16H,8-9,14H2,1-3H3/t11-/m1/s1. The molecule has 3 heteroatoms. The molecule has 0 aliphatic heterocycles. The van der Waals surface area contributed by atoms with Gasteiger partial charge in [-0.15, -0.1) is 0 Å². The Morgan fingerprint density at radius 1 is 1.25 bits per heavy atom. The lowest BCUT2D eigenvalue weighted by atomic mass is 10.0. The van der Waals surface area contributed by atoms with Gasteiger partial charge in [-0.05, 0) is 32.4 Å². The highest BCUT2D eigenvalue weighted by Gasteiger charge is 2.15. The second kappa shape index (κ2) is 5.87. The SMILES string of the molecule is CC(C)N(CCO)c1ccccc1[C@@H](C)N. The van der Waals surface area contributed by atoms with E-state index < -0.39 is 0 Å². The maximum Gasteiger partial charge on any atom is 0.0606 e. The first-order valence-corrected chi connectivity index (χ1v) is 5.80. The van der Waals surface area contributed by atoms with E-state index in [9.17, 15) is 0 Å². The molecule has 90 valence electrons. The molecule has 16 heavy (non-hydrogen) atoms. The molecule has 0 amide bonds. The van der Waals surface area contributed by atoms with Crippen LogP contribution < -0.4 is 10.6 Å². The second-order valence-electron chi connectivity index (χ2n) is 4.36. The van der Waals surface area contributed by atoms with Crippen LogP contribution in [-0.2, 0) is 0 Å². The first-order chi connectivity index (χ1) is 7.57. The monoisotopic (exact) mass is 222 g/mol. The van der Waals surface area contributed by atoms with Gasteiger partial charge in [0.2, 0.25) is 0 Å². The molecule has 0 aliphatic carbocycles. The number of hydrogen-bond donors (Lipinski definition) is 2. The van der Waals surface area contributed by atoms with Crippen LogP contribution >= 0.6 is 0 Å². The number of hydrogen-bond acceptors (Lipinski definition) is 3. The van der Waals surface area contributed by atoms with Crippen LogP contribution in [0.5, 0.6) is 0 Å². The van der Waals surface area contributed by atoms with Crippen molar-refractivity contribution in [2.45, 2.75) is 32.9 Å². The number of nitrogens with two attached hydrogens (primary N) is 1. The smallest absolute Gasteiger partial charge is 0.0606 e. The maximum atomic E-state index is 9.10. The third-order valence-corrected chi connectivity index (χ3v) is 2.70. The zero-order valence-corrected chi connectivity index (χ0v) is 10.4. The summed E-state index contributed by atoms with van der Waals surface area (Å²) in [6.07, 6.45) is 0. The summed E-state index contributed by atoms with van der Waals surface area (Å²) in [5, 5.41) is 9.10. The molecule has 0 heterocycles. The minimum absolute atomic E-state index is 0.0103. The van der Waals surface area contributed by atoms with E-state index in [0.29, 0.717) is 12.6 Å². The lowest BCUT2D eigenvalue weighted by molar-refractivity contribution is 0.299. The largest absolute Gasteiger partial charge is 0.395 e. The van der Waals surface area contributed by atoms with E-state index in [4.69, 9.17) is 10.8 Å². The predicted octanol–water partition coefficient (Wildman–Crippen LogP) is 1.91. The number of para-hydroxylation sites is 1. The van der Waals surface area contributed by atoms with Crippen LogP contribution in [0.25, 0.3) is 0 Å². The summed E-state index contributed by atoms with van der Waals surface area (Å²) in [6, 6.07) is 8.48. The molecule has 0 spiro atoms. The third-order valence-electron chi connectivity index (χ3n) is 2.70. The summed E-state index contributed by atoms with van der Waals surface area (Å²) in [4.78, 5) is 2.18. The highest BCUT2D eigenvalue weighted by Crippen LogP contribution is 2.26. The van der Waals surface area contributed by atoms with Crippen molar-refractivity contribution >= 4 is 5.69 Å². The Morgan fingerprint density at radius 3 is 2.38 bits per heavy atom. The molecule has 0 unspecified atom stereocenters. The fraction of sp³-hybridized carbons (Fsp3) is 0.538. The van der Waals surface area contributed by atoms with E-state index in [2.05, 4.69) is 24.8 Å². The minimum Gasteiger partial charge on any atom is -0.395 e. The van der Waals surface area contributed by atoms with Crippen LogP contribution in [0, 0.1) is 0 Å². The van der Waals surface area contributed by atoms with Crippen molar-refractivity contribution in [1.82, 2.24) is 0 Å². The Labute approximate surface area is 97.9 Å². The van der Waals surface area contributed by atoms with Gasteiger partial charge < -0.3 is 15.7 Å². The minimum atomic E-state index is 0.0103. The molecule has 0 saturated heterocycles. The van der Waals surface area contributed by atoms with Gasteiger partial charge in [0.25, 0.3) is 0 Å². The van der Waals surface area contributed by atoms with Gasteiger partial charge >= 0.3 is 0 Å². The van der Waals surface area contributed by atoms with E-state index in [0.717, 1.165) is 11.3 Å². The molecule has 0 saturated carbocycles. The molecule has 0 radical (unpaired) electrons. The summed E-state index contributed by atoms with van der Waals surface area (Å²) in [7, 11) is 0. The van der Waals surface area contributed by atoms with Crippen molar-refractivity contribution in [1.29, 1.82) is 0 Å². The van der Waals surface area contributed by atoms with Crippen molar-refractivity contribution < 1.29 is 5.11 Å². The van der Waals surface area contributed by atoms with Gasteiger partial charge in [-0.25, -0.2) is 0 Å². The Hall–Kier alpha value is -1.06. The van der Waals surface area contributed by atoms with E-state index in [1.54, 1.807) is 0 Å². The highest BCUT2D eigenvalue weighted by atomic mass is 16.3. The van der Waals surface area contributed by atoms with Gasteiger partial charge in [-0.3, -0.25) is 0 Å². The van der Waals surface area contributed by atoms with E-state index in [-0.39, 0.29) is 12.6 Å². The van der Waals surface area contributed by atoms with Gasteiger partial charge in [-0.1, -0.05) is 18.2 Å². The van der Waals surface area contributed by atoms with Gasteiger partial charge in [0, 0.05) is 24.3 Å². The zero-order valence-electron chi connectivity index (χ0n) is 10.4. The lowest BCUT2D eigenvalue weighted by Crippen LogP contribution is -2.34. The number of aliphatic hydroxyl groups is 1. The van der Waals surface area contributed by atoms with Crippen LogP contribution in [0.1, 0.15) is 32.4 Å². The topological polar surface area (TPSA) is 49.5 Å². The van der Waals surface area contributed by atoms with Crippen LogP contribution in [0.2, 0.25) is 0 Å². The maximum absolute atomic E-state index is 9.10. The summed E-state index contributed by atoms with van der Waals surface area (Å²) in [6.45, 7) is 7.02. The van der Waals surface area contributed by atoms with Crippen molar-refractivity contribution in [3.63, 3.8) is 0 Å². The predicted molar refractivity (Wildman–Crippen MR) is 68.6 cm³/mol. The lowest BCUT2D eigenvalue weighted by Gasteiger charge is -2.31.